The summed E-state index contributed by atoms with van der Waals surface area (Å²) in [6.45, 7) is -4.72. The number of halogens is 3. The van der Waals surface area contributed by atoms with Gasteiger partial charge in [0.15, 0.2) is 0 Å². The Morgan fingerprint density at radius 3 is 2.40 bits per heavy atom. The molecule has 0 saturated heterocycles. The van der Waals surface area contributed by atoms with Gasteiger partial charge < -0.3 is 18.1 Å². The molecular formula is C9H9BF3KO. The third-order valence-electron chi connectivity index (χ3n) is 2.62. The van der Waals surface area contributed by atoms with Crippen LogP contribution in [0.1, 0.15) is 17.9 Å². The fourth-order valence-corrected chi connectivity index (χ4v) is 1.77. The van der Waals surface area contributed by atoms with E-state index in [-0.39, 0.29) is 63.6 Å². The Balaban J connectivity index is 0.00000112. The van der Waals surface area contributed by atoms with Crippen LogP contribution in [0.3, 0.4) is 0 Å². The van der Waals surface area contributed by atoms with Crippen molar-refractivity contribution >= 4 is 6.98 Å². The van der Waals surface area contributed by atoms with Crippen LogP contribution in [0.5, 0.6) is 5.75 Å². The molecule has 1 saturated carbocycles. The Kier molecular flexibility index (Phi) is 4.34. The Morgan fingerprint density at radius 1 is 1.27 bits per heavy atom. The van der Waals surface area contributed by atoms with Crippen molar-refractivity contribution in [2.24, 2.45) is 0 Å². The van der Waals surface area contributed by atoms with Crippen LogP contribution in [0.25, 0.3) is 0 Å². The second-order valence-corrected chi connectivity index (χ2v) is 3.73. The average molecular weight is 240 g/mol. The summed E-state index contributed by atoms with van der Waals surface area (Å²) in [5.41, 5.74) is 0.592. The van der Waals surface area contributed by atoms with Gasteiger partial charge >= 0.3 is 58.4 Å². The summed E-state index contributed by atoms with van der Waals surface area (Å²) in [6, 6.07) is 6.07. The maximum absolute atomic E-state index is 12.3. The van der Waals surface area contributed by atoms with Crippen LogP contribution in [0.2, 0.25) is 5.82 Å². The Labute approximate surface area is 129 Å². The molecule has 0 unspecified atom stereocenters. The average Bonchev–Trinajstić information content (AvgIpc) is 2.81. The van der Waals surface area contributed by atoms with E-state index in [0.29, 0.717) is 5.56 Å². The van der Waals surface area contributed by atoms with Crippen molar-refractivity contribution in [3.8, 4) is 5.75 Å². The minimum absolute atomic E-state index is 0. The molecule has 1 aliphatic rings. The number of hydrogen-bond donors (Lipinski definition) is 1. The maximum Gasteiger partial charge on any atom is 1.00 e. The van der Waals surface area contributed by atoms with E-state index in [2.05, 4.69) is 0 Å². The molecule has 0 aliphatic heterocycles. The SMILES string of the molecule is Oc1cccc([C@@H]2C[C@H]2[B-](F)(F)F)c1.[K+]. The van der Waals surface area contributed by atoms with Crippen LogP contribution in [-0.2, 0) is 0 Å². The van der Waals surface area contributed by atoms with Gasteiger partial charge in [-0.25, -0.2) is 0 Å². The third-order valence-corrected chi connectivity index (χ3v) is 2.62. The van der Waals surface area contributed by atoms with Crippen LogP contribution in [0.4, 0.5) is 12.9 Å². The Hall–Kier alpha value is 0.511. The predicted molar refractivity (Wildman–Crippen MR) is 48.3 cm³/mol. The van der Waals surface area contributed by atoms with E-state index in [9.17, 15) is 12.9 Å². The largest absolute Gasteiger partial charge is 1.00 e. The fraction of sp³-hybridized carbons (Fsp3) is 0.333. The van der Waals surface area contributed by atoms with Crippen LogP contribution in [0.15, 0.2) is 24.3 Å². The van der Waals surface area contributed by atoms with Gasteiger partial charge in [0.25, 0.3) is 0 Å². The van der Waals surface area contributed by atoms with Crippen LogP contribution in [0, 0.1) is 0 Å². The molecule has 1 aromatic carbocycles. The Bertz CT molecular complexity index is 355. The van der Waals surface area contributed by atoms with Gasteiger partial charge in [0.1, 0.15) is 5.75 Å². The summed E-state index contributed by atoms with van der Waals surface area (Å²) >= 11 is 0. The van der Waals surface area contributed by atoms with Crippen LogP contribution >= 0.6 is 0 Å². The summed E-state index contributed by atoms with van der Waals surface area (Å²) in [7, 11) is 0. The molecular weight excluding hydrogens is 231 g/mol. The maximum atomic E-state index is 12.3. The molecule has 0 radical (unpaired) electrons. The van der Waals surface area contributed by atoms with E-state index in [0.717, 1.165) is 0 Å². The van der Waals surface area contributed by atoms with E-state index < -0.39 is 18.7 Å². The molecule has 2 rings (SSSR count). The zero-order valence-corrected chi connectivity index (χ0v) is 11.5. The molecule has 1 aliphatic carbocycles. The first-order valence-corrected chi connectivity index (χ1v) is 4.47. The van der Waals surface area contributed by atoms with Crippen molar-refractivity contribution in [3.05, 3.63) is 29.8 Å². The molecule has 6 heteroatoms. The minimum Gasteiger partial charge on any atom is -0.508 e. The summed E-state index contributed by atoms with van der Waals surface area (Å²) in [4.78, 5) is 0. The van der Waals surface area contributed by atoms with Crippen molar-refractivity contribution in [1.82, 2.24) is 0 Å². The molecule has 1 aromatic rings. The van der Waals surface area contributed by atoms with Gasteiger partial charge in [-0.05, 0) is 23.6 Å². The standard InChI is InChI=1S/C9H9BF3O.K/c11-10(12,13)9-5-8(9)6-2-1-3-7(14)4-6;/h1-4,8-9,14H,5H2;/q-1;+1/t8-,9+;/m0./s1. The molecule has 0 aromatic heterocycles. The number of hydrogen-bond acceptors (Lipinski definition) is 1. The van der Waals surface area contributed by atoms with Crippen molar-refractivity contribution < 1.29 is 69.4 Å². The summed E-state index contributed by atoms with van der Waals surface area (Å²) in [6.07, 6.45) is 0.174. The summed E-state index contributed by atoms with van der Waals surface area (Å²) in [5, 5.41) is 9.10. The molecule has 15 heavy (non-hydrogen) atoms. The smallest absolute Gasteiger partial charge is 0.508 e. The first-order chi connectivity index (χ1) is 6.48. The van der Waals surface area contributed by atoms with E-state index in [1.165, 1.54) is 12.1 Å². The number of phenolic OH excluding ortho intramolecular Hbond substituents is 1. The molecule has 0 amide bonds. The number of rotatable bonds is 2. The summed E-state index contributed by atoms with van der Waals surface area (Å²) < 4.78 is 36.8. The van der Waals surface area contributed by atoms with Crippen molar-refractivity contribution in [3.63, 3.8) is 0 Å². The Morgan fingerprint density at radius 2 is 1.93 bits per heavy atom. The van der Waals surface area contributed by atoms with Gasteiger partial charge in [0, 0.05) is 0 Å². The summed E-state index contributed by atoms with van der Waals surface area (Å²) in [5.74, 6) is -1.55. The van der Waals surface area contributed by atoms with E-state index in [4.69, 9.17) is 5.11 Å². The molecule has 1 fully saturated rings. The topological polar surface area (TPSA) is 20.2 Å². The fourth-order valence-electron chi connectivity index (χ4n) is 1.77. The van der Waals surface area contributed by atoms with E-state index in [1.807, 2.05) is 0 Å². The zero-order valence-electron chi connectivity index (χ0n) is 8.33. The van der Waals surface area contributed by atoms with Gasteiger partial charge in [-0.1, -0.05) is 24.4 Å². The molecule has 76 valence electrons. The van der Waals surface area contributed by atoms with E-state index in [1.54, 1.807) is 12.1 Å². The van der Waals surface area contributed by atoms with Crippen LogP contribution in [-0.4, -0.2) is 12.1 Å². The molecule has 1 nitrogen and oxygen atoms in total. The van der Waals surface area contributed by atoms with Crippen LogP contribution < -0.4 is 51.4 Å². The van der Waals surface area contributed by atoms with Crippen molar-refractivity contribution in [1.29, 1.82) is 0 Å². The quantitative estimate of drug-likeness (QED) is 0.727. The second-order valence-electron chi connectivity index (χ2n) is 3.73. The van der Waals surface area contributed by atoms with Gasteiger partial charge in [0.05, 0.1) is 0 Å². The minimum atomic E-state index is -4.72. The predicted octanol–water partition coefficient (Wildman–Crippen LogP) is 0.101. The molecule has 0 spiro atoms. The number of phenols is 1. The second kappa shape index (κ2) is 4.79. The molecule has 0 bridgehead atoms. The van der Waals surface area contributed by atoms with Gasteiger partial charge in [-0.2, -0.15) is 0 Å². The zero-order chi connectivity index (χ0) is 10.3. The van der Waals surface area contributed by atoms with Crippen molar-refractivity contribution in [2.45, 2.75) is 18.2 Å². The van der Waals surface area contributed by atoms with E-state index >= 15 is 0 Å². The molecule has 1 N–H and O–H groups in total. The number of benzene rings is 1. The monoisotopic (exact) mass is 240 g/mol. The first kappa shape index (κ1) is 13.6. The van der Waals surface area contributed by atoms with Crippen molar-refractivity contribution in [2.75, 3.05) is 0 Å². The molecule has 0 heterocycles. The van der Waals surface area contributed by atoms with Gasteiger partial charge in [-0.15, -0.1) is 0 Å². The number of aromatic hydroxyl groups is 1. The van der Waals surface area contributed by atoms with Gasteiger partial charge in [-0.3, -0.25) is 0 Å². The first-order valence-electron chi connectivity index (χ1n) is 4.47. The van der Waals surface area contributed by atoms with Gasteiger partial charge in [0.2, 0.25) is 0 Å². The third kappa shape index (κ3) is 3.23. The normalized spacial score (nSPS) is 24.5. The molecule has 2 atom stereocenters.